The van der Waals surface area contributed by atoms with Crippen molar-refractivity contribution in [3.63, 3.8) is 0 Å². The number of halogens is 3. The molecule has 3 rings (SSSR count). The maximum absolute atomic E-state index is 5.59. The van der Waals surface area contributed by atoms with Crippen molar-refractivity contribution in [2.24, 2.45) is 5.92 Å². The van der Waals surface area contributed by atoms with Crippen LogP contribution in [0.4, 0.5) is 0 Å². The van der Waals surface area contributed by atoms with E-state index in [4.69, 9.17) is 4.74 Å². The Hall–Kier alpha value is -0.000000000000000222. The third kappa shape index (κ3) is 4.49. The van der Waals surface area contributed by atoms with E-state index in [2.05, 4.69) is 44.3 Å². The lowest BCUT2D eigenvalue weighted by Gasteiger charge is -2.36. The molecule has 1 heterocycles. The van der Waals surface area contributed by atoms with Gasteiger partial charge in [-0.15, -0.1) is 24.8 Å². The number of hydrogen-bond acceptors (Lipinski definition) is 3. The van der Waals surface area contributed by atoms with E-state index in [1.807, 2.05) is 0 Å². The van der Waals surface area contributed by atoms with Crippen LogP contribution in [0.5, 0.6) is 5.75 Å². The summed E-state index contributed by atoms with van der Waals surface area (Å²) >= 11 is 3.60. The van der Waals surface area contributed by atoms with E-state index in [1.165, 1.54) is 18.4 Å². The van der Waals surface area contributed by atoms with Gasteiger partial charge < -0.3 is 10.1 Å². The molecule has 1 atom stereocenters. The van der Waals surface area contributed by atoms with Gasteiger partial charge in [0.25, 0.3) is 0 Å². The Morgan fingerprint density at radius 1 is 1.24 bits per heavy atom. The number of hydrogen-bond donors (Lipinski definition) is 1. The van der Waals surface area contributed by atoms with Crippen LogP contribution in [0.1, 0.15) is 24.4 Å². The molecular weight excluding hydrogens is 375 g/mol. The number of ether oxygens (including phenoxy) is 1. The van der Waals surface area contributed by atoms with Gasteiger partial charge in [-0.05, 0) is 37.0 Å². The first-order valence-electron chi connectivity index (χ1n) is 7.08. The molecule has 1 N–H and O–H groups in total. The number of rotatable bonds is 4. The smallest absolute Gasteiger partial charge is 0.123 e. The van der Waals surface area contributed by atoms with E-state index in [0.29, 0.717) is 6.04 Å². The summed E-state index contributed by atoms with van der Waals surface area (Å²) in [4.78, 5) is 2.62. The molecule has 1 saturated carbocycles. The zero-order chi connectivity index (χ0) is 13.2. The van der Waals surface area contributed by atoms with Crippen molar-refractivity contribution in [3.05, 3.63) is 28.2 Å². The van der Waals surface area contributed by atoms with Gasteiger partial charge in [0, 0.05) is 42.3 Å². The van der Waals surface area contributed by atoms with Gasteiger partial charge in [0.15, 0.2) is 0 Å². The molecule has 120 valence electrons. The third-order valence-electron chi connectivity index (χ3n) is 4.12. The highest BCUT2D eigenvalue weighted by molar-refractivity contribution is 9.10. The van der Waals surface area contributed by atoms with Crippen molar-refractivity contribution in [3.8, 4) is 5.75 Å². The Kier molecular flexibility index (Phi) is 7.79. The zero-order valence-electron chi connectivity index (χ0n) is 12.2. The van der Waals surface area contributed by atoms with E-state index in [1.54, 1.807) is 7.11 Å². The lowest BCUT2D eigenvalue weighted by Crippen LogP contribution is -2.45. The number of methoxy groups -OCH3 is 1. The monoisotopic (exact) mass is 396 g/mol. The molecule has 0 bridgehead atoms. The topological polar surface area (TPSA) is 24.5 Å². The van der Waals surface area contributed by atoms with E-state index < -0.39 is 0 Å². The minimum atomic E-state index is 0. The molecule has 0 unspecified atom stereocenters. The van der Waals surface area contributed by atoms with Gasteiger partial charge in [0.2, 0.25) is 0 Å². The quantitative estimate of drug-likeness (QED) is 0.838. The lowest BCUT2D eigenvalue weighted by atomic mass is 9.98. The Morgan fingerprint density at radius 3 is 2.48 bits per heavy atom. The largest absolute Gasteiger partial charge is 0.496 e. The molecular formula is C15H23BrCl2N2O. The van der Waals surface area contributed by atoms with Crippen LogP contribution < -0.4 is 10.1 Å². The maximum Gasteiger partial charge on any atom is 0.123 e. The van der Waals surface area contributed by atoms with Gasteiger partial charge in [0.05, 0.1) is 7.11 Å². The van der Waals surface area contributed by atoms with Gasteiger partial charge in [-0.2, -0.15) is 0 Å². The number of benzene rings is 1. The molecule has 2 fully saturated rings. The Bertz CT molecular complexity index is 451. The van der Waals surface area contributed by atoms with Crippen LogP contribution in [0, 0.1) is 5.92 Å². The molecule has 1 aromatic carbocycles. The second-order valence-electron chi connectivity index (χ2n) is 5.45. The van der Waals surface area contributed by atoms with Crippen LogP contribution in [0.3, 0.4) is 0 Å². The van der Waals surface area contributed by atoms with Crippen LogP contribution in [-0.4, -0.2) is 38.2 Å². The molecule has 1 aliphatic carbocycles. The first-order chi connectivity index (χ1) is 9.29. The van der Waals surface area contributed by atoms with Crippen molar-refractivity contribution in [2.75, 3.05) is 33.3 Å². The maximum atomic E-state index is 5.59. The highest BCUT2D eigenvalue weighted by Gasteiger charge is 2.38. The SMILES string of the molecule is COc1ccc(Br)cc1[C@H](C1CC1)N1CCNCC1.Cl.Cl. The zero-order valence-corrected chi connectivity index (χ0v) is 15.4. The molecule has 1 saturated heterocycles. The van der Waals surface area contributed by atoms with E-state index in [9.17, 15) is 0 Å². The summed E-state index contributed by atoms with van der Waals surface area (Å²) in [5.74, 6) is 1.83. The summed E-state index contributed by atoms with van der Waals surface area (Å²) in [6.45, 7) is 4.47. The van der Waals surface area contributed by atoms with Gasteiger partial charge in [-0.25, -0.2) is 0 Å². The van der Waals surface area contributed by atoms with Crippen LogP contribution >= 0.6 is 40.7 Å². The van der Waals surface area contributed by atoms with Crippen molar-refractivity contribution < 1.29 is 4.74 Å². The lowest BCUT2D eigenvalue weighted by molar-refractivity contribution is 0.153. The summed E-state index contributed by atoms with van der Waals surface area (Å²) in [5, 5.41) is 3.44. The molecule has 2 aliphatic rings. The Labute approximate surface area is 147 Å². The van der Waals surface area contributed by atoms with Crippen molar-refractivity contribution in [1.29, 1.82) is 0 Å². The standard InChI is InChI=1S/C15H21BrN2O.2ClH/c1-19-14-5-4-12(16)10-13(14)15(11-2-3-11)18-8-6-17-7-9-18;;/h4-5,10-11,15,17H,2-3,6-9H2,1H3;2*1H/t15-;;/m0../s1. The average molecular weight is 398 g/mol. The summed E-state index contributed by atoms with van der Waals surface area (Å²) in [6, 6.07) is 6.90. The fraction of sp³-hybridized carbons (Fsp3) is 0.600. The number of nitrogens with zero attached hydrogens (tertiary/aromatic N) is 1. The normalized spacial score (nSPS) is 20.1. The molecule has 0 radical (unpaired) electrons. The van der Waals surface area contributed by atoms with Crippen LogP contribution in [0.25, 0.3) is 0 Å². The first-order valence-corrected chi connectivity index (χ1v) is 7.87. The summed E-state index contributed by atoms with van der Waals surface area (Å²) in [7, 11) is 1.77. The summed E-state index contributed by atoms with van der Waals surface area (Å²) in [6.07, 6.45) is 2.70. The molecule has 1 aliphatic heterocycles. The molecule has 3 nitrogen and oxygen atoms in total. The minimum Gasteiger partial charge on any atom is -0.496 e. The molecule has 1 aromatic rings. The second kappa shape index (κ2) is 8.59. The molecule has 0 aromatic heterocycles. The molecule has 0 amide bonds. The highest BCUT2D eigenvalue weighted by Crippen LogP contribution is 2.47. The van der Waals surface area contributed by atoms with Crippen LogP contribution in [-0.2, 0) is 0 Å². The van der Waals surface area contributed by atoms with Gasteiger partial charge >= 0.3 is 0 Å². The van der Waals surface area contributed by atoms with Crippen molar-refractivity contribution >= 4 is 40.7 Å². The Balaban J connectivity index is 0.00000110. The Morgan fingerprint density at radius 2 is 1.90 bits per heavy atom. The number of piperazine rings is 1. The van der Waals surface area contributed by atoms with E-state index in [0.717, 1.165) is 42.3 Å². The van der Waals surface area contributed by atoms with Gasteiger partial charge in [0.1, 0.15) is 5.75 Å². The first kappa shape index (κ1) is 19.0. The van der Waals surface area contributed by atoms with Crippen molar-refractivity contribution in [2.45, 2.75) is 18.9 Å². The predicted octanol–water partition coefficient (Wildman–Crippen LogP) is 3.66. The van der Waals surface area contributed by atoms with E-state index >= 15 is 0 Å². The highest BCUT2D eigenvalue weighted by atomic mass is 79.9. The fourth-order valence-electron chi connectivity index (χ4n) is 3.06. The minimum absolute atomic E-state index is 0. The van der Waals surface area contributed by atoms with Gasteiger partial charge in [-0.1, -0.05) is 15.9 Å². The van der Waals surface area contributed by atoms with E-state index in [-0.39, 0.29) is 24.8 Å². The summed E-state index contributed by atoms with van der Waals surface area (Å²) < 4.78 is 6.73. The average Bonchev–Trinajstić information content (AvgIpc) is 3.25. The third-order valence-corrected chi connectivity index (χ3v) is 4.62. The predicted molar refractivity (Wildman–Crippen MR) is 95.1 cm³/mol. The van der Waals surface area contributed by atoms with Gasteiger partial charge in [-0.3, -0.25) is 4.90 Å². The molecule has 6 heteroatoms. The number of nitrogens with one attached hydrogen (secondary N) is 1. The fourth-order valence-corrected chi connectivity index (χ4v) is 3.44. The van der Waals surface area contributed by atoms with Crippen LogP contribution in [0.15, 0.2) is 22.7 Å². The van der Waals surface area contributed by atoms with Crippen LogP contribution in [0.2, 0.25) is 0 Å². The van der Waals surface area contributed by atoms with Crippen molar-refractivity contribution in [1.82, 2.24) is 10.2 Å². The molecule has 21 heavy (non-hydrogen) atoms. The molecule has 0 spiro atoms. The summed E-state index contributed by atoms with van der Waals surface area (Å²) in [5.41, 5.74) is 1.35. The second-order valence-corrected chi connectivity index (χ2v) is 6.37.